The molecule has 0 heterocycles. The van der Waals surface area contributed by atoms with Crippen LogP contribution in [0.3, 0.4) is 0 Å². The van der Waals surface area contributed by atoms with Crippen LogP contribution in [0.2, 0.25) is 0 Å². The Hall–Kier alpha value is -8.00. The van der Waals surface area contributed by atoms with Gasteiger partial charge in [-0.2, -0.15) is 0 Å². The molecule has 0 bridgehead atoms. The highest BCUT2D eigenvalue weighted by atomic mass is 15.1. The van der Waals surface area contributed by atoms with Crippen molar-refractivity contribution in [3.05, 3.63) is 293 Å². The Balaban J connectivity index is 0.988. The van der Waals surface area contributed by atoms with Crippen LogP contribution in [0.5, 0.6) is 0 Å². The molecule has 318 valence electrons. The first-order valence-corrected chi connectivity index (χ1v) is 23.7. The van der Waals surface area contributed by atoms with Gasteiger partial charge in [-0.15, -0.1) is 0 Å². The third-order valence-corrected chi connectivity index (χ3v) is 15.6. The monoisotopic (exact) mass is 855 g/mol. The van der Waals surface area contributed by atoms with E-state index in [9.17, 15) is 0 Å². The van der Waals surface area contributed by atoms with E-state index in [0.717, 1.165) is 17.1 Å². The van der Waals surface area contributed by atoms with Gasteiger partial charge in [0.2, 0.25) is 0 Å². The van der Waals surface area contributed by atoms with Gasteiger partial charge in [0.15, 0.2) is 0 Å². The summed E-state index contributed by atoms with van der Waals surface area (Å²) in [6.45, 7) is 7.14. The van der Waals surface area contributed by atoms with Crippen LogP contribution in [0.15, 0.2) is 243 Å². The number of rotatable bonds is 7. The SMILES string of the molecule is CC1(C)c2ccccc2-c2ccc(N(c3ccc(-c4ccc5c(c4)C(C)(c4ccccc4)c4ccccc4-5)cc3)c3ccc4c(c3)C(c3ccccc3)(c3ccccc3)c3ccccc3-4)cc21. The van der Waals surface area contributed by atoms with Gasteiger partial charge in [-0.25, -0.2) is 0 Å². The van der Waals surface area contributed by atoms with E-state index in [1.807, 2.05) is 0 Å². The molecule has 1 nitrogen and oxygen atoms in total. The second kappa shape index (κ2) is 14.8. The first-order chi connectivity index (χ1) is 32.9. The zero-order valence-electron chi connectivity index (χ0n) is 38.0. The van der Waals surface area contributed by atoms with Gasteiger partial charge >= 0.3 is 0 Å². The molecule has 10 aromatic rings. The lowest BCUT2D eigenvalue weighted by molar-refractivity contribution is 0.660. The Labute approximate surface area is 394 Å². The summed E-state index contributed by atoms with van der Waals surface area (Å²) < 4.78 is 0. The number of benzene rings is 10. The molecule has 0 radical (unpaired) electrons. The summed E-state index contributed by atoms with van der Waals surface area (Å²) in [6.07, 6.45) is 0. The summed E-state index contributed by atoms with van der Waals surface area (Å²) >= 11 is 0. The molecule has 1 unspecified atom stereocenters. The molecule has 3 aliphatic rings. The molecule has 13 rings (SSSR count). The Bertz CT molecular complexity index is 3510. The highest BCUT2D eigenvalue weighted by Crippen LogP contribution is 2.58. The summed E-state index contributed by atoms with van der Waals surface area (Å²) in [6, 6.07) is 90.9. The molecule has 0 aromatic heterocycles. The highest BCUT2D eigenvalue weighted by Gasteiger charge is 2.47. The molecule has 0 saturated heterocycles. The van der Waals surface area contributed by atoms with Crippen LogP contribution < -0.4 is 4.90 Å². The second-order valence-corrected chi connectivity index (χ2v) is 19.3. The maximum Gasteiger partial charge on any atom is 0.0714 e. The second-order valence-electron chi connectivity index (χ2n) is 19.3. The first kappa shape index (κ1) is 39.4. The topological polar surface area (TPSA) is 3.24 Å². The molecule has 0 N–H and O–H groups in total. The lowest BCUT2D eigenvalue weighted by Gasteiger charge is -2.35. The molecule has 0 aliphatic heterocycles. The molecular formula is C66H49N. The highest BCUT2D eigenvalue weighted by molar-refractivity contribution is 5.92. The normalized spacial score (nSPS) is 16.3. The van der Waals surface area contributed by atoms with Crippen molar-refractivity contribution in [1.29, 1.82) is 0 Å². The van der Waals surface area contributed by atoms with Crippen LogP contribution in [0.4, 0.5) is 17.1 Å². The van der Waals surface area contributed by atoms with Crippen LogP contribution >= 0.6 is 0 Å². The maximum absolute atomic E-state index is 2.49. The van der Waals surface area contributed by atoms with Gasteiger partial charge in [0, 0.05) is 27.9 Å². The van der Waals surface area contributed by atoms with E-state index in [4.69, 9.17) is 0 Å². The van der Waals surface area contributed by atoms with E-state index in [-0.39, 0.29) is 10.8 Å². The van der Waals surface area contributed by atoms with E-state index >= 15 is 0 Å². The van der Waals surface area contributed by atoms with Crippen LogP contribution in [-0.4, -0.2) is 0 Å². The summed E-state index contributed by atoms with van der Waals surface area (Å²) in [5, 5.41) is 0. The minimum absolute atomic E-state index is 0.145. The third kappa shape index (κ3) is 5.61. The maximum atomic E-state index is 2.49. The van der Waals surface area contributed by atoms with E-state index in [1.54, 1.807) is 0 Å². The predicted octanol–water partition coefficient (Wildman–Crippen LogP) is 16.8. The van der Waals surface area contributed by atoms with E-state index in [2.05, 4.69) is 268 Å². The van der Waals surface area contributed by atoms with Crippen molar-refractivity contribution in [2.24, 2.45) is 0 Å². The Morgan fingerprint density at radius 2 is 0.672 bits per heavy atom. The Kier molecular flexibility index (Phi) is 8.67. The van der Waals surface area contributed by atoms with Gasteiger partial charge < -0.3 is 4.90 Å². The van der Waals surface area contributed by atoms with Gasteiger partial charge in [-0.05, 0) is 144 Å². The van der Waals surface area contributed by atoms with Crippen LogP contribution in [0.1, 0.15) is 70.8 Å². The molecular weight excluding hydrogens is 807 g/mol. The van der Waals surface area contributed by atoms with Crippen LogP contribution in [0.25, 0.3) is 44.5 Å². The van der Waals surface area contributed by atoms with Gasteiger partial charge in [0.25, 0.3) is 0 Å². The average molecular weight is 856 g/mol. The van der Waals surface area contributed by atoms with Gasteiger partial charge in [0.05, 0.1) is 5.41 Å². The van der Waals surface area contributed by atoms with Crippen molar-refractivity contribution in [2.75, 3.05) is 4.90 Å². The quantitative estimate of drug-likeness (QED) is 0.154. The molecule has 0 spiro atoms. The standard InChI is InChI=1S/C66H49N/c1-64(2)58-28-16-13-25-52(58)55-39-36-50(42-61(55)64)67(51-37-40-57-54-27-15-18-30-60(54)66(63(57)43-51,47-21-9-5-10-22-47)48-23-11-6-12-24-48)49-34-31-44(32-35-49)45-33-38-56-53-26-14-17-29-59(53)65(3,62(56)41-45)46-19-7-4-8-20-46/h4-43H,1-3H3. The van der Waals surface area contributed by atoms with Gasteiger partial charge in [-0.1, -0.05) is 214 Å². The van der Waals surface area contributed by atoms with Crippen molar-refractivity contribution in [3.63, 3.8) is 0 Å². The smallest absolute Gasteiger partial charge is 0.0714 e. The van der Waals surface area contributed by atoms with Crippen molar-refractivity contribution in [3.8, 4) is 44.5 Å². The largest absolute Gasteiger partial charge is 0.310 e. The van der Waals surface area contributed by atoms with Crippen molar-refractivity contribution < 1.29 is 0 Å². The fourth-order valence-electron chi connectivity index (χ4n) is 12.4. The summed E-state index contributed by atoms with van der Waals surface area (Å²) in [5.74, 6) is 0. The predicted molar refractivity (Wildman–Crippen MR) is 279 cm³/mol. The zero-order valence-corrected chi connectivity index (χ0v) is 38.0. The summed E-state index contributed by atoms with van der Waals surface area (Å²) in [7, 11) is 0. The summed E-state index contributed by atoms with van der Waals surface area (Å²) in [5.41, 5.74) is 24.6. The Morgan fingerprint density at radius 3 is 1.28 bits per heavy atom. The van der Waals surface area contributed by atoms with Crippen molar-refractivity contribution >= 4 is 17.1 Å². The third-order valence-electron chi connectivity index (χ3n) is 15.6. The minimum Gasteiger partial charge on any atom is -0.310 e. The number of nitrogens with zero attached hydrogens (tertiary/aromatic N) is 1. The zero-order chi connectivity index (χ0) is 44.9. The molecule has 1 heteroatoms. The molecule has 3 aliphatic carbocycles. The van der Waals surface area contributed by atoms with E-state index in [0.29, 0.717) is 0 Å². The number of fused-ring (bicyclic) bond motifs is 9. The number of anilines is 3. The molecule has 0 amide bonds. The number of hydrogen-bond acceptors (Lipinski definition) is 1. The van der Waals surface area contributed by atoms with Gasteiger partial charge in [-0.3, -0.25) is 0 Å². The molecule has 0 saturated carbocycles. The fraction of sp³-hybridized carbons (Fsp3) is 0.0909. The fourth-order valence-corrected chi connectivity index (χ4v) is 12.4. The molecule has 0 fully saturated rings. The van der Waals surface area contributed by atoms with Crippen LogP contribution in [0, 0.1) is 0 Å². The van der Waals surface area contributed by atoms with Crippen molar-refractivity contribution in [1.82, 2.24) is 0 Å². The van der Waals surface area contributed by atoms with Gasteiger partial charge in [0.1, 0.15) is 0 Å². The average Bonchev–Trinajstić information content (AvgIpc) is 3.93. The van der Waals surface area contributed by atoms with E-state index in [1.165, 1.54) is 94.6 Å². The number of hydrogen-bond donors (Lipinski definition) is 0. The lowest BCUT2D eigenvalue weighted by Crippen LogP contribution is -2.28. The molecule has 10 aromatic carbocycles. The van der Waals surface area contributed by atoms with Crippen LogP contribution in [-0.2, 0) is 16.2 Å². The van der Waals surface area contributed by atoms with Crippen molar-refractivity contribution in [2.45, 2.75) is 37.0 Å². The van der Waals surface area contributed by atoms with E-state index < -0.39 is 5.41 Å². The molecule has 67 heavy (non-hydrogen) atoms. The lowest BCUT2D eigenvalue weighted by atomic mass is 9.67. The minimum atomic E-state index is -0.511. The summed E-state index contributed by atoms with van der Waals surface area (Å²) in [4.78, 5) is 2.49. The molecule has 1 atom stereocenters. The Morgan fingerprint density at radius 1 is 0.269 bits per heavy atom. The first-order valence-electron chi connectivity index (χ1n) is 23.7.